The standard InChI is InChI=1S/C13H17NO2/c1-2-11-5-3-4-6-12(11)14-8-10(9-15)7-13(14)16/h3-6,10,15H,2,7-9H2,1H3. The minimum atomic E-state index is 0.0938. The number of aliphatic hydroxyl groups excluding tert-OH is 1. The summed E-state index contributed by atoms with van der Waals surface area (Å²) < 4.78 is 0. The molecule has 1 saturated heterocycles. The zero-order chi connectivity index (χ0) is 11.5. The lowest BCUT2D eigenvalue weighted by atomic mass is 10.1. The van der Waals surface area contributed by atoms with Crippen LogP contribution in [0, 0.1) is 5.92 Å². The number of aryl methyl sites for hydroxylation is 1. The number of aliphatic hydroxyl groups is 1. The Kier molecular flexibility index (Phi) is 3.25. The Morgan fingerprint density at radius 2 is 2.19 bits per heavy atom. The molecular weight excluding hydrogens is 202 g/mol. The van der Waals surface area contributed by atoms with Crippen LogP contribution in [0.1, 0.15) is 18.9 Å². The first kappa shape index (κ1) is 11.1. The summed E-state index contributed by atoms with van der Waals surface area (Å²) in [6, 6.07) is 7.98. The van der Waals surface area contributed by atoms with Crippen LogP contribution in [0.3, 0.4) is 0 Å². The van der Waals surface area contributed by atoms with Gasteiger partial charge in [0.25, 0.3) is 0 Å². The van der Waals surface area contributed by atoms with Crippen LogP contribution in [-0.4, -0.2) is 24.2 Å². The zero-order valence-electron chi connectivity index (χ0n) is 9.52. The molecule has 1 unspecified atom stereocenters. The van der Waals surface area contributed by atoms with Crippen molar-refractivity contribution >= 4 is 11.6 Å². The SMILES string of the molecule is CCc1ccccc1N1CC(CO)CC1=O. The lowest BCUT2D eigenvalue weighted by Gasteiger charge is -2.19. The van der Waals surface area contributed by atoms with E-state index in [1.807, 2.05) is 18.2 Å². The molecular formula is C13H17NO2. The molecule has 0 aliphatic carbocycles. The second kappa shape index (κ2) is 4.66. The Balaban J connectivity index is 2.27. The topological polar surface area (TPSA) is 40.5 Å². The highest BCUT2D eigenvalue weighted by atomic mass is 16.3. The first-order chi connectivity index (χ1) is 7.76. The van der Waals surface area contributed by atoms with Crippen LogP contribution < -0.4 is 4.90 Å². The van der Waals surface area contributed by atoms with Gasteiger partial charge in [-0.15, -0.1) is 0 Å². The summed E-state index contributed by atoms with van der Waals surface area (Å²) in [7, 11) is 0. The van der Waals surface area contributed by atoms with Gasteiger partial charge < -0.3 is 10.0 Å². The molecule has 1 atom stereocenters. The van der Waals surface area contributed by atoms with E-state index in [2.05, 4.69) is 13.0 Å². The molecule has 0 spiro atoms. The van der Waals surface area contributed by atoms with Crippen molar-refractivity contribution in [2.45, 2.75) is 19.8 Å². The largest absolute Gasteiger partial charge is 0.396 e. The molecule has 1 amide bonds. The maximum Gasteiger partial charge on any atom is 0.227 e. The molecule has 1 N–H and O–H groups in total. The van der Waals surface area contributed by atoms with E-state index in [0.717, 1.165) is 12.1 Å². The molecule has 16 heavy (non-hydrogen) atoms. The van der Waals surface area contributed by atoms with E-state index in [9.17, 15) is 4.79 Å². The molecule has 86 valence electrons. The number of hydrogen-bond donors (Lipinski definition) is 1. The van der Waals surface area contributed by atoms with Gasteiger partial charge in [0.2, 0.25) is 5.91 Å². The number of benzene rings is 1. The monoisotopic (exact) mass is 219 g/mol. The van der Waals surface area contributed by atoms with E-state index in [0.29, 0.717) is 13.0 Å². The van der Waals surface area contributed by atoms with Crippen LogP contribution in [0.2, 0.25) is 0 Å². The van der Waals surface area contributed by atoms with Gasteiger partial charge in [0.15, 0.2) is 0 Å². The van der Waals surface area contributed by atoms with Crippen molar-refractivity contribution in [3.63, 3.8) is 0 Å². The van der Waals surface area contributed by atoms with Gasteiger partial charge in [-0.25, -0.2) is 0 Å². The average Bonchev–Trinajstić information content (AvgIpc) is 2.70. The number of hydrogen-bond acceptors (Lipinski definition) is 2. The highest BCUT2D eigenvalue weighted by Gasteiger charge is 2.30. The Morgan fingerprint density at radius 1 is 1.44 bits per heavy atom. The lowest BCUT2D eigenvalue weighted by molar-refractivity contribution is -0.117. The normalized spacial score (nSPS) is 20.5. The minimum Gasteiger partial charge on any atom is -0.396 e. The predicted octanol–water partition coefficient (Wildman–Crippen LogP) is 1.59. The number of amides is 1. The molecule has 0 aromatic heterocycles. The smallest absolute Gasteiger partial charge is 0.227 e. The van der Waals surface area contributed by atoms with Gasteiger partial charge in [0.1, 0.15) is 0 Å². The van der Waals surface area contributed by atoms with Crippen molar-refractivity contribution in [1.82, 2.24) is 0 Å². The van der Waals surface area contributed by atoms with Crippen molar-refractivity contribution in [3.8, 4) is 0 Å². The minimum absolute atomic E-state index is 0.0938. The molecule has 3 heteroatoms. The Morgan fingerprint density at radius 3 is 2.81 bits per heavy atom. The lowest BCUT2D eigenvalue weighted by Crippen LogP contribution is -2.25. The summed E-state index contributed by atoms with van der Waals surface area (Å²) in [5.74, 6) is 0.220. The van der Waals surface area contributed by atoms with E-state index < -0.39 is 0 Å². The fourth-order valence-corrected chi connectivity index (χ4v) is 2.21. The summed E-state index contributed by atoms with van der Waals surface area (Å²) in [5.41, 5.74) is 2.19. The second-order valence-electron chi connectivity index (χ2n) is 4.24. The zero-order valence-corrected chi connectivity index (χ0v) is 9.52. The van der Waals surface area contributed by atoms with Crippen LogP contribution in [0.5, 0.6) is 0 Å². The van der Waals surface area contributed by atoms with Gasteiger partial charge in [-0.05, 0) is 18.1 Å². The molecule has 2 rings (SSSR count). The molecule has 0 bridgehead atoms. The number of nitrogens with zero attached hydrogens (tertiary/aromatic N) is 1. The highest BCUT2D eigenvalue weighted by Crippen LogP contribution is 2.28. The fraction of sp³-hybridized carbons (Fsp3) is 0.462. The molecule has 1 aromatic rings. The van der Waals surface area contributed by atoms with Crippen LogP contribution >= 0.6 is 0 Å². The molecule has 1 heterocycles. The van der Waals surface area contributed by atoms with Crippen molar-refractivity contribution in [3.05, 3.63) is 29.8 Å². The molecule has 1 aromatic carbocycles. The van der Waals surface area contributed by atoms with Crippen LogP contribution in [-0.2, 0) is 11.2 Å². The van der Waals surface area contributed by atoms with Crippen LogP contribution in [0.15, 0.2) is 24.3 Å². The third-order valence-corrected chi connectivity index (χ3v) is 3.13. The summed E-state index contributed by atoms with van der Waals surface area (Å²) in [6.45, 7) is 2.83. The Labute approximate surface area is 95.7 Å². The molecule has 0 saturated carbocycles. The molecule has 1 aliphatic rings. The van der Waals surface area contributed by atoms with Gasteiger partial charge in [0, 0.05) is 31.2 Å². The molecule has 1 aliphatic heterocycles. The highest BCUT2D eigenvalue weighted by molar-refractivity contribution is 5.96. The van der Waals surface area contributed by atoms with E-state index in [-0.39, 0.29) is 18.4 Å². The van der Waals surface area contributed by atoms with E-state index in [4.69, 9.17) is 5.11 Å². The summed E-state index contributed by atoms with van der Waals surface area (Å²) in [4.78, 5) is 13.6. The van der Waals surface area contributed by atoms with Gasteiger partial charge in [-0.2, -0.15) is 0 Å². The Hall–Kier alpha value is -1.35. The third kappa shape index (κ3) is 1.95. The maximum absolute atomic E-state index is 11.8. The second-order valence-corrected chi connectivity index (χ2v) is 4.24. The fourth-order valence-electron chi connectivity index (χ4n) is 2.21. The molecule has 0 radical (unpaired) electrons. The van der Waals surface area contributed by atoms with Crippen molar-refractivity contribution in [2.24, 2.45) is 5.92 Å². The van der Waals surface area contributed by atoms with Gasteiger partial charge in [-0.3, -0.25) is 4.79 Å². The van der Waals surface area contributed by atoms with E-state index in [1.165, 1.54) is 5.56 Å². The molecule has 1 fully saturated rings. The first-order valence-electron chi connectivity index (χ1n) is 5.75. The maximum atomic E-state index is 11.8. The average molecular weight is 219 g/mol. The Bertz CT molecular complexity index is 389. The van der Waals surface area contributed by atoms with Crippen molar-refractivity contribution < 1.29 is 9.90 Å². The summed E-state index contributed by atoms with van der Waals surface area (Å²) >= 11 is 0. The first-order valence-corrected chi connectivity index (χ1v) is 5.75. The number of para-hydroxylation sites is 1. The van der Waals surface area contributed by atoms with Gasteiger partial charge in [-0.1, -0.05) is 25.1 Å². The van der Waals surface area contributed by atoms with E-state index >= 15 is 0 Å². The third-order valence-electron chi connectivity index (χ3n) is 3.13. The molecule has 3 nitrogen and oxygen atoms in total. The van der Waals surface area contributed by atoms with Crippen LogP contribution in [0.25, 0.3) is 0 Å². The van der Waals surface area contributed by atoms with Crippen molar-refractivity contribution in [1.29, 1.82) is 0 Å². The summed E-state index contributed by atoms with van der Waals surface area (Å²) in [6.07, 6.45) is 1.39. The van der Waals surface area contributed by atoms with Crippen LogP contribution in [0.4, 0.5) is 5.69 Å². The number of carbonyl (C=O) groups is 1. The number of rotatable bonds is 3. The summed E-state index contributed by atoms with van der Waals surface area (Å²) in [5, 5.41) is 9.10. The number of carbonyl (C=O) groups excluding carboxylic acids is 1. The van der Waals surface area contributed by atoms with Gasteiger partial charge >= 0.3 is 0 Å². The van der Waals surface area contributed by atoms with Gasteiger partial charge in [0.05, 0.1) is 0 Å². The van der Waals surface area contributed by atoms with E-state index in [1.54, 1.807) is 4.90 Å². The van der Waals surface area contributed by atoms with Crippen molar-refractivity contribution in [2.75, 3.05) is 18.1 Å². The quantitative estimate of drug-likeness (QED) is 0.838. The number of anilines is 1. The predicted molar refractivity (Wildman–Crippen MR) is 63.4 cm³/mol.